The molecule has 2 fully saturated rings. The van der Waals surface area contributed by atoms with E-state index in [2.05, 4.69) is 54.3 Å². The van der Waals surface area contributed by atoms with Gasteiger partial charge in [0.1, 0.15) is 23.2 Å². The fraction of sp³-hybridized carbons (Fsp3) is 0.568. The van der Waals surface area contributed by atoms with Crippen molar-refractivity contribution in [2.24, 2.45) is 23.2 Å². The molecule has 0 radical (unpaired) electrons. The second kappa shape index (κ2) is 17.5. The van der Waals surface area contributed by atoms with Gasteiger partial charge in [-0.1, -0.05) is 33.8 Å². The van der Waals surface area contributed by atoms with Gasteiger partial charge in [0.05, 0.1) is 29.8 Å². The highest BCUT2D eigenvalue weighted by Crippen LogP contribution is 2.46. The molecule has 1 aromatic carbocycles. The predicted molar refractivity (Wildman–Crippen MR) is 221 cm³/mol. The lowest BCUT2D eigenvalue weighted by Gasteiger charge is -2.37. The number of rotatable bonds is 10. The van der Waals surface area contributed by atoms with Crippen molar-refractivity contribution in [1.29, 1.82) is 0 Å². The van der Waals surface area contributed by atoms with Gasteiger partial charge in [-0.15, -0.1) is 11.3 Å². The van der Waals surface area contributed by atoms with Gasteiger partial charge in [-0.2, -0.15) is 13.2 Å². The SMILES string of the molecule is CCn1c(-c2cccnc2[C@H](C)OC)c2c3cc(ccc31)-c1csc(n1)[C@@H](OCCCC(F)(F)F)[C@H](NC(=O)C1[C@@H](C)[C@H]1C)C(=O)N1CCC[C@H](N1)C(=O)OCC(C)(C)C2. The van der Waals surface area contributed by atoms with Crippen LogP contribution < -0.4 is 10.7 Å². The predicted octanol–water partition coefficient (Wildman–Crippen LogP) is 7.96. The number of benzene rings is 1. The number of thiazole rings is 1. The number of hydrogen-bond donors (Lipinski definition) is 2. The largest absolute Gasteiger partial charge is 0.464 e. The number of methoxy groups -OCH3 is 1. The summed E-state index contributed by atoms with van der Waals surface area (Å²) < 4.78 is 60.1. The maximum Gasteiger partial charge on any atom is 0.389 e. The number of cyclic esters (lactones) is 1. The van der Waals surface area contributed by atoms with Crippen LogP contribution in [0.2, 0.25) is 0 Å². The zero-order chi connectivity index (χ0) is 43.1. The normalized spacial score (nSPS) is 25.1. The summed E-state index contributed by atoms with van der Waals surface area (Å²) >= 11 is 1.21. The molecule has 324 valence electrons. The number of ether oxygens (including phenoxy) is 3. The average Bonchev–Trinajstić information content (AvgIpc) is 3.50. The summed E-state index contributed by atoms with van der Waals surface area (Å²) in [5.74, 6) is -1.62. The van der Waals surface area contributed by atoms with Gasteiger partial charge in [0, 0.05) is 78.2 Å². The topological polar surface area (TPSA) is 137 Å². The highest BCUT2D eigenvalue weighted by atomic mass is 32.1. The molecule has 16 heteroatoms. The third kappa shape index (κ3) is 9.12. The van der Waals surface area contributed by atoms with Crippen LogP contribution in [-0.2, 0) is 41.6 Å². The molecular weight excluding hydrogens is 798 g/mol. The number of carbonyl (C=O) groups is 3. The van der Waals surface area contributed by atoms with Crippen molar-refractivity contribution in [3.8, 4) is 22.5 Å². The first-order chi connectivity index (χ1) is 28.5. The molecule has 3 aromatic heterocycles. The van der Waals surface area contributed by atoms with Crippen LogP contribution in [0.5, 0.6) is 0 Å². The summed E-state index contributed by atoms with van der Waals surface area (Å²) in [5.41, 5.74) is 8.59. The molecule has 12 nitrogen and oxygen atoms in total. The fourth-order valence-corrected chi connectivity index (χ4v) is 9.54. The highest BCUT2D eigenvalue weighted by Gasteiger charge is 2.50. The maximum absolute atomic E-state index is 14.6. The van der Waals surface area contributed by atoms with Crippen molar-refractivity contribution in [2.45, 2.75) is 111 Å². The van der Waals surface area contributed by atoms with Gasteiger partial charge in [0.25, 0.3) is 5.91 Å². The zero-order valence-corrected chi connectivity index (χ0v) is 36.0. The number of nitrogens with zero attached hydrogens (tertiary/aromatic N) is 4. The number of hydrogen-bond acceptors (Lipinski definition) is 10. The van der Waals surface area contributed by atoms with E-state index < -0.39 is 48.1 Å². The Morgan fingerprint density at radius 1 is 1.18 bits per heavy atom. The van der Waals surface area contributed by atoms with Gasteiger partial charge < -0.3 is 24.1 Å². The van der Waals surface area contributed by atoms with E-state index in [1.807, 2.05) is 38.3 Å². The summed E-state index contributed by atoms with van der Waals surface area (Å²) in [6, 6.07) is 7.86. The number of amides is 2. The molecule has 2 aliphatic heterocycles. The Kier molecular flexibility index (Phi) is 12.8. The van der Waals surface area contributed by atoms with E-state index in [0.29, 0.717) is 36.5 Å². The molecule has 1 aliphatic carbocycles. The first kappa shape index (κ1) is 43.7. The number of pyridine rings is 1. The molecule has 2 N–H and O–H groups in total. The second-order valence-corrected chi connectivity index (χ2v) is 18.1. The molecule has 1 unspecified atom stereocenters. The Morgan fingerprint density at radius 2 is 1.95 bits per heavy atom. The number of nitrogens with one attached hydrogen (secondary N) is 2. The maximum atomic E-state index is 14.6. The van der Waals surface area contributed by atoms with Gasteiger partial charge in [-0.25, -0.2) is 10.4 Å². The summed E-state index contributed by atoms with van der Waals surface area (Å²) in [5, 5.41) is 7.37. The van der Waals surface area contributed by atoms with E-state index in [1.54, 1.807) is 13.3 Å². The van der Waals surface area contributed by atoms with E-state index in [4.69, 9.17) is 24.2 Å². The van der Waals surface area contributed by atoms with Crippen molar-refractivity contribution in [2.75, 3.05) is 26.9 Å². The molecule has 0 spiro atoms. The number of carbonyl (C=O) groups excluding carboxylic acids is 3. The molecule has 2 amide bonds. The monoisotopic (exact) mass is 852 g/mol. The molecule has 7 atom stereocenters. The third-order valence-corrected chi connectivity index (χ3v) is 13.2. The van der Waals surface area contributed by atoms with Gasteiger partial charge in [0.15, 0.2) is 0 Å². The van der Waals surface area contributed by atoms with E-state index in [0.717, 1.165) is 39.0 Å². The smallest absolute Gasteiger partial charge is 0.389 e. The first-order valence-electron chi connectivity index (χ1n) is 20.8. The molecule has 60 heavy (non-hydrogen) atoms. The molecule has 7 rings (SSSR count). The van der Waals surface area contributed by atoms with E-state index in [9.17, 15) is 27.6 Å². The van der Waals surface area contributed by atoms with E-state index >= 15 is 0 Å². The van der Waals surface area contributed by atoms with Crippen LogP contribution >= 0.6 is 11.3 Å². The number of aromatic nitrogens is 3. The lowest BCUT2D eigenvalue weighted by atomic mass is 9.84. The van der Waals surface area contributed by atoms with Gasteiger partial charge in [-0.05, 0) is 81.2 Å². The Morgan fingerprint density at radius 3 is 2.65 bits per heavy atom. The molecule has 1 saturated heterocycles. The van der Waals surface area contributed by atoms with E-state index in [-0.39, 0.29) is 55.9 Å². The molecule has 3 aliphatic rings. The lowest BCUT2D eigenvalue weighted by molar-refractivity contribution is -0.157. The Bertz CT molecular complexity index is 2210. The van der Waals surface area contributed by atoms with Crippen LogP contribution in [0.15, 0.2) is 41.9 Å². The van der Waals surface area contributed by atoms with E-state index in [1.165, 1.54) is 16.3 Å². The van der Waals surface area contributed by atoms with Crippen LogP contribution in [0.4, 0.5) is 13.2 Å². The zero-order valence-electron chi connectivity index (χ0n) is 35.2. The molecular formula is C44H55F3N6O6S. The van der Waals surface area contributed by atoms with Crippen LogP contribution in [0.1, 0.15) is 95.7 Å². The molecule has 4 aromatic rings. The first-order valence-corrected chi connectivity index (χ1v) is 21.7. The van der Waals surface area contributed by atoms with Crippen molar-refractivity contribution >= 4 is 40.0 Å². The number of halogens is 3. The Hall–Kier alpha value is -4.38. The van der Waals surface area contributed by atoms with Crippen molar-refractivity contribution in [3.05, 3.63) is 58.2 Å². The Labute approximate surface area is 352 Å². The minimum Gasteiger partial charge on any atom is -0.464 e. The second-order valence-electron chi connectivity index (χ2n) is 17.2. The molecule has 1 saturated carbocycles. The average molecular weight is 853 g/mol. The van der Waals surface area contributed by atoms with Crippen LogP contribution in [0.3, 0.4) is 0 Å². The summed E-state index contributed by atoms with van der Waals surface area (Å²) in [6.45, 7) is 12.7. The van der Waals surface area contributed by atoms with Gasteiger partial charge in [0.2, 0.25) is 5.91 Å². The fourth-order valence-electron chi connectivity index (χ4n) is 8.63. The molecule has 5 heterocycles. The van der Waals surface area contributed by atoms with Gasteiger partial charge in [-0.3, -0.25) is 24.4 Å². The van der Waals surface area contributed by atoms with Gasteiger partial charge >= 0.3 is 12.1 Å². The quantitative estimate of drug-likeness (QED) is 0.120. The van der Waals surface area contributed by atoms with Crippen molar-refractivity contribution < 1.29 is 41.8 Å². The van der Waals surface area contributed by atoms with Crippen LogP contribution in [-0.4, -0.2) is 82.5 Å². The van der Waals surface area contributed by atoms with Crippen LogP contribution in [0, 0.1) is 23.2 Å². The number of fused-ring (bicyclic) bond motifs is 6. The molecule has 6 bridgehead atoms. The summed E-state index contributed by atoms with van der Waals surface area (Å²) in [7, 11) is 1.66. The summed E-state index contributed by atoms with van der Waals surface area (Å²) in [4.78, 5) is 52.0. The summed E-state index contributed by atoms with van der Waals surface area (Å²) in [6.07, 6.45) is -4.21. The standard InChI is InChI=1S/C44H55F3N6O6S/c1-8-52-33-15-14-27-20-29(33)30(37(52)28-12-9-17-48-35(28)26(4)57-7)21-43(5,6)23-59-42(56)31-13-10-18-53(51-31)41(55)36(50-39(54)34-24(2)25(34)3)38(40-49-32(27)22-60-40)58-19-11-16-44(45,46)47/h9,12,14-15,17,20,22,24-26,31,34,36,38,51H,8,10-11,13,16,18-19,21,23H2,1-7H3,(H,50,54)/t24-,25+,26-,31-,34?,36-,38-/m0/s1. The number of alkyl halides is 3. The Balaban J connectivity index is 1.39. The van der Waals surface area contributed by atoms with Crippen LogP contribution in [0.25, 0.3) is 33.4 Å². The van der Waals surface area contributed by atoms with Crippen molar-refractivity contribution in [3.63, 3.8) is 0 Å². The minimum atomic E-state index is -4.40. The number of hydrazine groups is 1. The number of esters is 1. The highest BCUT2D eigenvalue weighted by molar-refractivity contribution is 7.10. The minimum absolute atomic E-state index is 0.0873. The van der Waals surface area contributed by atoms with Crippen molar-refractivity contribution in [1.82, 2.24) is 30.3 Å². The third-order valence-electron chi connectivity index (χ3n) is 12.3. The number of aryl methyl sites for hydroxylation is 1. The lowest BCUT2D eigenvalue weighted by Crippen LogP contribution is -2.61.